The lowest BCUT2D eigenvalue weighted by atomic mass is 9.54. The lowest BCUT2D eigenvalue weighted by Gasteiger charge is -2.54. The topological polar surface area (TPSA) is 63.3 Å². The molecule has 1 aliphatic carbocycles. The number of rotatable bonds is 3. The number of ether oxygens (including phenoxy) is 3. The number of fused-ring (bicyclic) bond motifs is 3. The summed E-state index contributed by atoms with van der Waals surface area (Å²) in [6.07, 6.45) is 3.39. The van der Waals surface area contributed by atoms with Gasteiger partial charge in [-0.1, -0.05) is 13.0 Å². The molecule has 3 saturated heterocycles. The number of carbonyl (C=O) groups is 1. The third-order valence-corrected chi connectivity index (χ3v) is 7.84. The maximum atomic E-state index is 12.0. The van der Waals surface area contributed by atoms with Gasteiger partial charge < -0.3 is 19.5 Å². The molecule has 1 N–H and O–H groups in total. The molecule has 28 heavy (non-hydrogen) atoms. The van der Waals surface area contributed by atoms with Gasteiger partial charge in [-0.15, -0.1) is 0 Å². The summed E-state index contributed by atoms with van der Waals surface area (Å²) in [5, 5.41) is 3.64. The number of epoxide rings is 1. The number of hydrogen-bond donors (Lipinski definition) is 1. The molecule has 1 aromatic rings. The van der Waals surface area contributed by atoms with Crippen LogP contribution in [-0.4, -0.2) is 49.3 Å². The van der Waals surface area contributed by atoms with Gasteiger partial charge in [-0.2, -0.15) is 0 Å². The highest BCUT2D eigenvalue weighted by Gasteiger charge is 2.73. The van der Waals surface area contributed by atoms with Crippen molar-refractivity contribution in [1.82, 2.24) is 4.90 Å². The van der Waals surface area contributed by atoms with Gasteiger partial charge in [0.15, 0.2) is 0 Å². The summed E-state index contributed by atoms with van der Waals surface area (Å²) in [4.78, 5) is 14.6. The Kier molecular flexibility index (Phi) is 3.19. The maximum absolute atomic E-state index is 12.0. The van der Waals surface area contributed by atoms with E-state index in [-0.39, 0.29) is 22.9 Å². The van der Waals surface area contributed by atoms with Gasteiger partial charge in [0.2, 0.25) is 0 Å². The second-order valence-corrected chi connectivity index (χ2v) is 8.91. The highest BCUT2D eigenvalue weighted by molar-refractivity contribution is 5.75. The van der Waals surface area contributed by atoms with Crippen molar-refractivity contribution in [2.45, 2.75) is 56.8 Å². The first-order valence-electron chi connectivity index (χ1n) is 10.3. The minimum absolute atomic E-state index is 0.0169. The van der Waals surface area contributed by atoms with Crippen molar-refractivity contribution in [2.24, 2.45) is 5.41 Å². The Hall–Kier alpha value is -2.05. The zero-order chi connectivity index (χ0) is 19.3. The molecule has 0 aromatic heterocycles. The Morgan fingerprint density at radius 2 is 2.29 bits per heavy atom. The van der Waals surface area contributed by atoms with E-state index in [4.69, 9.17) is 14.2 Å². The highest BCUT2D eigenvalue weighted by atomic mass is 16.6. The maximum Gasteiger partial charge on any atom is 0.307 e. The van der Waals surface area contributed by atoms with Crippen LogP contribution in [0.4, 0.5) is 5.69 Å². The normalized spacial score (nSPS) is 39.5. The predicted molar refractivity (Wildman–Crippen MR) is 103 cm³/mol. The summed E-state index contributed by atoms with van der Waals surface area (Å²) in [5.74, 6) is 1.39. The van der Waals surface area contributed by atoms with E-state index in [1.54, 1.807) is 7.11 Å². The lowest BCUT2D eigenvalue weighted by Crippen LogP contribution is -2.62. The number of nitrogens with zero attached hydrogens (tertiary/aromatic N) is 1. The average molecular weight is 382 g/mol. The van der Waals surface area contributed by atoms with Crippen molar-refractivity contribution in [1.29, 1.82) is 0 Å². The number of esters is 1. The summed E-state index contributed by atoms with van der Waals surface area (Å²) in [5.41, 5.74) is 3.28. The fourth-order valence-corrected chi connectivity index (χ4v) is 6.87. The molecular formula is C22H26N2O4. The zero-order valence-electron chi connectivity index (χ0n) is 16.6. The largest absolute Gasteiger partial charge is 0.497 e. The molecule has 5 unspecified atom stereocenters. The van der Waals surface area contributed by atoms with Gasteiger partial charge in [0.25, 0.3) is 0 Å². The predicted octanol–water partition coefficient (Wildman–Crippen LogP) is 2.79. The molecule has 6 nitrogen and oxygen atoms in total. The number of carbonyl (C=O) groups excluding carboxylic acids is 1. The molecule has 5 atom stereocenters. The average Bonchev–Trinajstić information content (AvgIpc) is 3.26. The first kappa shape index (κ1) is 16.9. The Balaban J connectivity index is 1.61. The molecule has 0 saturated carbocycles. The van der Waals surface area contributed by atoms with Gasteiger partial charge in [0.05, 0.1) is 30.4 Å². The third kappa shape index (κ3) is 1.83. The standard InChI is InChI=1S/C22H26N2O4/c1-4-21-10-16(27-12(2)25)18-22(14-6-5-13(26-3)9-15(14)23-18)7-8-24(20(21)22)11-17-19(21)28-17/h5-6,9,17,19-20,23H,4,7-8,10-11H2,1-3H3. The summed E-state index contributed by atoms with van der Waals surface area (Å²) in [7, 11) is 1.69. The van der Waals surface area contributed by atoms with Crippen LogP contribution < -0.4 is 10.1 Å². The lowest BCUT2D eigenvalue weighted by molar-refractivity contribution is -0.138. The van der Waals surface area contributed by atoms with Crippen LogP contribution in [0, 0.1) is 5.41 Å². The first-order valence-corrected chi connectivity index (χ1v) is 10.3. The monoisotopic (exact) mass is 382 g/mol. The van der Waals surface area contributed by atoms with E-state index in [1.165, 1.54) is 12.5 Å². The van der Waals surface area contributed by atoms with Crippen LogP contribution >= 0.6 is 0 Å². The van der Waals surface area contributed by atoms with Crippen molar-refractivity contribution >= 4 is 11.7 Å². The molecule has 5 aliphatic rings. The molecule has 3 fully saturated rings. The van der Waals surface area contributed by atoms with E-state index < -0.39 is 0 Å². The van der Waals surface area contributed by atoms with Gasteiger partial charge in [0.1, 0.15) is 11.5 Å². The van der Waals surface area contributed by atoms with Crippen LogP contribution in [-0.2, 0) is 19.7 Å². The van der Waals surface area contributed by atoms with Gasteiger partial charge in [-0.3, -0.25) is 9.69 Å². The second-order valence-electron chi connectivity index (χ2n) is 8.91. The minimum atomic E-state index is -0.253. The molecule has 0 amide bonds. The third-order valence-electron chi connectivity index (χ3n) is 7.84. The number of methoxy groups -OCH3 is 1. The van der Waals surface area contributed by atoms with Gasteiger partial charge in [-0.25, -0.2) is 0 Å². The Morgan fingerprint density at radius 3 is 3.04 bits per heavy atom. The van der Waals surface area contributed by atoms with E-state index in [2.05, 4.69) is 29.3 Å². The van der Waals surface area contributed by atoms with E-state index in [0.29, 0.717) is 12.1 Å². The van der Waals surface area contributed by atoms with Crippen LogP contribution in [0.3, 0.4) is 0 Å². The molecule has 0 bridgehead atoms. The number of anilines is 1. The van der Waals surface area contributed by atoms with E-state index in [9.17, 15) is 4.79 Å². The summed E-state index contributed by atoms with van der Waals surface area (Å²) < 4.78 is 17.5. The molecule has 4 heterocycles. The van der Waals surface area contributed by atoms with Crippen molar-refractivity contribution in [3.63, 3.8) is 0 Å². The Bertz CT molecular complexity index is 927. The molecule has 0 radical (unpaired) electrons. The molecule has 6 heteroatoms. The van der Waals surface area contributed by atoms with E-state index in [0.717, 1.165) is 55.2 Å². The zero-order valence-corrected chi connectivity index (χ0v) is 16.6. The van der Waals surface area contributed by atoms with Crippen molar-refractivity contribution in [3.05, 3.63) is 35.2 Å². The number of allylic oxidation sites excluding steroid dienone is 1. The molecule has 148 valence electrons. The smallest absolute Gasteiger partial charge is 0.307 e. The fourth-order valence-electron chi connectivity index (χ4n) is 6.87. The molecule has 6 rings (SSSR count). The number of hydrogen-bond acceptors (Lipinski definition) is 6. The van der Waals surface area contributed by atoms with E-state index >= 15 is 0 Å². The second kappa shape index (κ2) is 5.30. The number of nitrogens with one attached hydrogen (secondary N) is 1. The minimum Gasteiger partial charge on any atom is -0.497 e. The van der Waals surface area contributed by atoms with Gasteiger partial charge in [0, 0.05) is 43.1 Å². The van der Waals surface area contributed by atoms with Crippen molar-refractivity contribution in [3.8, 4) is 5.75 Å². The van der Waals surface area contributed by atoms with Gasteiger partial charge in [-0.05, 0) is 31.0 Å². The van der Waals surface area contributed by atoms with Crippen LogP contribution in [0.2, 0.25) is 0 Å². The summed E-state index contributed by atoms with van der Waals surface area (Å²) in [6, 6.07) is 6.68. The first-order chi connectivity index (χ1) is 13.5. The van der Waals surface area contributed by atoms with Crippen LogP contribution in [0.25, 0.3) is 0 Å². The van der Waals surface area contributed by atoms with Gasteiger partial charge >= 0.3 is 5.97 Å². The fraction of sp³-hybridized carbons (Fsp3) is 0.591. The SMILES string of the molecule is CCC12CC(OC(C)=O)=C3Nc4cc(OC)ccc4C34CCN(CC3OC31)C42. The Labute approximate surface area is 164 Å². The Morgan fingerprint density at radius 1 is 1.43 bits per heavy atom. The number of piperidine rings is 1. The highest BCUT2D eigenvalue weighted by Crippen LogP contribution is 2.68. The molecule has 1 aromatic carbocycles. The van der Waals surface area contributed by atoms with Crippen LogP contribution in [0.1, 0.15) is 38.7 Å². The van der Waals surface area contributed by atoms with Crippen molar-refractivity contribution in [2.75, 3.05) is 25.5 Å². The van der Waals surface area contributed by atoms with Crippen LogP contribution in [0.15, 0.2) is 29.7 Å². The van der Waals surface area contributed by atoms with Crippen LogP contribution in [0.5, 0.6) is 5.75 Å². The molecule has 4 aliphatic heterocycles. The van der Waals surface area contributed by atoms with Crippen molar-refractivity contribution < 1.29 is 19.0 Å². The number of benzene rings is 1. The quantitative estimate of drug-likeness (QED) is 0.641. The summed E-state index contributed by atoms with van der Waals surface area (Å²) >= 11 is 0. The molecular weight excluding hydrogens is 356 g/mol. The van der Waals surface area contributed by atoms with E-state index in [1.807, 2.05) is 6.07 Å². The molecule has 1 spiro atoms. The summed E-state index contributed by atoms with van der Waals surface area (Å²) in [6.45, 7) is 5.82.